The van der Waals surface area contributed by atoms with E-state index < -0.39 is 0 Å². The summed E-state index contributed by atoms with van der Waals surface area (Å²) in [7, 11) is 4.88. The van der Waals surface area contributed by atoms with Gasteiger partial charge in [0.15, 0.2) is 0 Å². The van der Waals surface area contributed by atoms with Gasteiger partial charge < -0.3 is 9.47 Å². The van der Waals surface area contributed by atoms with Gasteiger partial charge in [-0.05, 0) is 26.2 Å². The molecule has 0 spiro atoms. The van der Waals surface area contributed by atoms with Crippen LogP contribution in [-0.2, 0) is 14.3 Å². The van der Waals surface area contributed by atoms with Crippen LogP contribution in [0.15, 0.2) is 10.3 Å². The first-order valence-electron chi connectivity index (χ1n) is 6.34. The molecule has 0 bridgehead atoms. The third-order valence-corrected chi connectivity index (χ3v) is 3.31. The molecule has 0 aliphatic heterocycles. The van der Waals surface area contributed by atoms with Crippen molar-refractivity contribution in [3.63, 3.8) is 0 Å². The van der Waals surface area contributed by atoms with E-state index >= 15 is 0 Å². The Morgan fingerprint density at radius 2 is 2.17 bits per heavy atom. The molecule has 0 aromatic heterocycles. The summed E-state index contributed by atoms with van der Waals surface area (Å²) in [5.41, 5.74) is 0. The summed E-state index contributed by atoms with van der Waals surface area (Å²) in [6.45, 7) is 1.93. The van der Waals surface area contributed by atoms with Gasteiger partial charge in [0.25, 0.3) is 0 Å². The lowest BCUT2D eigenvalue weighted by molar-refractivity contribution is -0.151. The van der Waals surface area contributed by atoms with Crippen LogP contribution in [0.1, 0.15) is 32.6 Å². The lowest BCUT2D eigenvalue weighted by Gasteiger charge is -2.31. The van der Waals surface area contributed by atoms with Crippen LogP contribution in [0.2, 0.25) is 0 Å². The lowest BCUT2D eigenvalue weighted by atomic mass is 9.87. The number of rotatable bonds is 5. The average molecular weight is 257 g/mol. The summed E-state index contributed by atoms with van der Waals surface area (Å²) < 4.78 is 10.7. The van der Waals surface area contributed by atoms with Crippen molar-refractivity contribution in [3.8, 4) is 0 Å². The molecule has 6 heteroatoms. The van der Waals surface area contributed by atoms with Crippen LogP contribution in [0.5, 0.6) is 0 Å². The Labute approximate surface area is 108 Å². The highest BCUT2D eigenvalue weighted by molar-refractivity contribution is 5.72. The Balaban J connectivity index is 2.44. The quantitative estimate of drug-likeness (QED) is 0.327. The van der Waals surface area contributed by atoms with Gasteiger partial charge in [-0.2, -0.15) is 5.11 Å². The van der Waals surface area contributed by atoms with Gasteiger partial charge in [-0.25, -0.2) is 0 Å². The standard InChI is InChI=1S/C12H23N3O3/c1-9(15(3)14-13-2)18-11-7-5-6-10(8-11)12(16)17-4/h9-11H,5-8H2,1-4H3/b14-13-/t9?,10-,11-/m0/s1. The number of carbonyl (C=O) groups is 1. The van der Waals surface area contributed by atoms with Gasteiger partial charge in [0.05, 0.1) is 26.2 Å². The third kappa shape index (κ3) is 4.25. The molecule has 0 amide bonds. The molecule has 1 aliphatic carbocycles. The largest absolute Gasteiger partial charge is 0.469 e. The monoisotopic (exact) mass is 257 g/mol. The van der Waals surface area contributed by atoms with Crippen molar-refractivity contribution in [3.05, 3.63) is 0 Å². The van der Waals surface area contributed by atoms with Gasteiger partial charge in [0, 0.05) is 7.05 Å². The van der Waals surface area contributed by atoms with Crippen molar-refractivity contribution < 1.29 is 14.3 Å². The van der Waals surface area contributed by atoms with E-state index in [4.69, 9.17) is 9.47 Å². The van der Waals surface area contributed by atoms with E-state index in [2.05, 4.69) is 10.3 Å². The molecule has 0 radical (unpaired) electrons. The Bertz CT molecular complexity index is 296. The average Bonchev–Trinajstić information content (AvgIpc) is 2.38. The number of ether oxygens (including phenoxy) is 2. The van der Waals surface area contributed by atoms with Gasteiger partial charge in [-0.3, -0.25) is 9.80 Å². The van der Waals surface area contributed by atoms with Gasteiger partial charge in [-0.15, -0.1) is 0 Å². The predicted molar refractivity (Wildman–Crippen MR) is 66.9 cm³/mol. The first kappa shape index (κ1) is 14.9. The fraction of sp³-hybridized carbons (Fsp3) is 0.917. The molecule has 1 saturated carbocycles. The first-order chi connectivity index (χ1) is 8.58. The van der Waals surface area contributed by atoms with Crippen molar-refractivity contribution in [1.29, 1.82) is 0 Å². The molecule has 1 fully saturated rings. The Kier molecular flexibility index (Phi) is 6.04. The van der Waals surface area contributed by atoms with Crippen molar-refractivity contribution in [2.75, 3.05) is 21.2 Å². The smallest absolute Gasteiger partial charge is 0.308 e. The number of hydrogen-bond donors (Lipinski definition) is 0. The molecule has 1 aliphatic rings. The van der Waals surface area contributed by atoms with Gasteiger partial charge in [-0.1, -0.05) is 11.6 Å². The molecule has 104 valence electrons. The summed E-state index contributed by atoms with van der Waals surface area (Å²) in [6.07, 6.45) is 3.55. The van der Waals surface area contributed by atoms with Crippen LogP contribution in [0.4, 0.5) is 0 Å². The van der Waals surface area contributed by atoms with E-state index in [-0.39, 0.29) is 24.2 Å². The molecule has 3 atom stereocenters. The molecule has 1 unspecified atom stereocenters. The summed E-state index contributed by atoms with van der Waals surface area (Å²) in [5.74, 6) is -0.156. The topological polar surface area (TPSA) is 63.5 Å². The predicted octanol–water partition coefficient (Wildman–Crippen LogP) is 2.01. The first-order valence-corrected chi connectivity index (χ1v) is 6.34. The third-order valence-electron chi connectivity index (χ3n) is 3.31. The molecular formula is C12H23N3O3. The molecule has 6 nitrogen and oxygen atoms in total. The molecule has 0 aromatic rings. The van der Waals surface area contributed by atoms with Crippen LogP contribution in [0, 0.1) is 5.92 Å². The fourth-order valence-electron chi connectivity index (χ4n) is 2.23. The lowest BCUT2D eigenvalue weighted by Crippen LogP contribution is -2.35. The van der Waals surface area contributed by atoms with Crippen LogP contribution in [-0.4, -0.2) is 44.5 Å². The zero-order chi connectivity index (χ0) is 13.5. The molecular weight excluding hydrogens is 234 g/mol. The second kappa shape index (κ2) is 7.31. The molecule has 18 heavy (non-hydrogen) atoms. The number of methoxy groups -OCH3 is 1. The highest BCUT2D eigenvalue weighted by atomic mass is 16.5. The Morgan fingerprint density at radius 1 is 1.44 bits per heavy atom. The second-order valence-corrected chi connectivity index (χ2v) is 4.61. The van der Waals surface area contributed by atoms with E-state index in [1.165, 1.54) is 7.11 Å². The molecule has 0 saturated heterocycles. The van der Waals surface area contributed by atoms with Crippen LogP contribution >= 0.6 is 0 Å². The molecule has 0 N–H and O–H groups in total. The normalized spacial score (nSPS) is 26.0. The SMILES string of the molecule is C/N=N\N(C)C(C)O[C@H]1CCC[C@H](C(=O)OC)C1. The van der Waals surface area contributed by atoms with Crippen molar-refractivity contribution in [1.82, 2.24) is 5.01 Å². The van der Waals surface area contributed by atoms with Crippen LogP contribution in [0.25, 0.3) is 0 Å². The minimum absolute atomic E-state index is 0.0287. The van der Waals surface area contributed by atoms with E-state index in [1.54, 1.807) is 12.1 Å². The van der Waals surface area contributed by atoms with Gasteiger partial charge in [0.2, 0.25) is 0 Å². The van der Waals surface area contributed by atoms with Gasteiger partial charge in [0.1, 0.15) is 6.23 Å². The number of nitrogens with zero attached hydrogens (tertiary/aromatic N) is 3. The highest BCUT2D eigenvalue weighted by Gasteiger charge is 2.29. The highest BCUT2D eigenvalue weighted by Crippen LogP contribution is 2.28. The van der Waals surface area contributed by atoms with Gasteiger partial charge >= 0.3 is 5.97 Å². The molecule has 0 aromatic carbocycles. The van der Waals surface area contributed by atoms with E-state index in [0.717, 1.165) is 25.7 Å². The fourth-order valence-corrected chi connectivity index (χ4v) is 2.23. The summed E-state index contributed by atoms with van der Waals surface area (Å²) in [5, 5.41) is 9.27. The summed E-state index contributed by atoms with van der Waals surface area (Å²) in [6, 6.07) is 0. The zero-order valence-electron chi connectivity index (χ0n) is 11.6. The minimum atomic E-state index is -0.143. The molecule has 1 rings (SSSR count). The number of carbonyl (C=O) groups excluding carboxylic acids is 1. The maximum absolute atomic E-state index is 11.5. The summed E-state index contributed by atoms with van der Waals surface area (Å²) >= 11 is 0. The molecule has 0 heterocycles. The van der Waals surface area contributed by atoms with Crippen molar-refractivity contribution >= 4 is 5.97 Å². The number of hydrogen-bond acceptors (Lipinski definition) is 5. The van der Waals surface area contributed by atoms with Crippen molar-refractivity contribution in [2.45, 2.75) is 44.9 Å². The minimum Gasteiger partial charge on any atom is -0.469 e. The van der Waals surface area contributed by atoms with Crippen molar-refractivity contribution in [2.24, 2.45) is 16.3 Å². The second-order valence-electron chi connectivity index (χ2n) is 4.61. The van der Waals surface area contributed by atoms with E-state index in [1.807, 2.05) is 14.0 Å². The van der Waals surface area contributed by atoms with Crippen LogP contribution in [0.3, 0.4) is 0 Å². The maximum atomic E-state index is 11.5. The van der Waals surface area contributed by atoms with E-state index in [0.29, 0.717) is 0 Å². The number of esters is 1. The zero-order valence-corrected chi connectivity index (χ0v) is 11.6. The Morgan fingerprint density at radius 3 is 2.78 bits per heavy atom. The van der Waals surface area contributed by atoms with Crippen LogP contribution < -0.4 is 0 Å². The maximum Gasteiger partial charge on any atom is 0.308 e. The summed E-state index contributed by atoms with van der Waals surface area (Å²) in [4.78, 5) is 11.5. The Hall–Kier alpha value is -1.17. The van der Waals surface area contributed by atoms with E-state index in [9.17, 15) is 4.79 Å².